The van der Waals surface area contributed by atoms with Crippen LogP contribution in [0.5, 0.6) is 5.75 Å². The summed E-state index contributed by atoms with van der Waals surface area (Å²) in [5.74, 6) is -2.21. The average molecular weight is 620 g/mol. The molecule has 4 heterocycles. The van der Waals surface area contributed by atoms with Gasteiger partial charge in [0.05, 0.1) is 7.11 Å². The summed E-state index contributed by atoms with van der Waals surface area (Å²) in [6.07, 6.45) is -3.27. The van der Waals surface area contributed by atoms with Crippen molar-refractivity contribution in [1.82, 2.24) is 24.8 Å². The van der Waals surface area contributed by atoms with Gasteiger partial charge in [-0.2, -0.15) is 0 Å². The second-order valence-electron chi connectivity index (χ2n) is 10.1. The number of amides is 1. The first-order valence-corrected chi connectivity index (χ1v) is 15.5. The van der Waals surface area contributed by atoms with E-state index in [0.717, 1.165) is 0 Å². The van der Waals surface area contributed by atoms with Crippen molar-refractivity contribution >= 4 is 50.3 Å². The molecular formula is C24H30BN6O11P. The number of phenols is 1. The number of aromatic nitrogens is 4. The normalized spacial score (nSPS) is 24.0. The van der Waals surface area contributed by atoms with Crippen molar-refractivity contribution in [1.29, 1.82) is 0 Å². The summed E-state index contributed by atoms with van der Waals surface area (Å²) < 4.78 is 29.1. The fourth-order valence-electron chi connectivity index (χ4n) is 4.88. The zero-order valence-corrected chi connectivity index (χ0v) is 24.1. The van der Waals surface area contributed by atoms with Crippen LogP contribution in [0, 0.1) is 0 Å². The molecule has 1 aromatic carbocycles. The maximum absolute atomic E-state index is 13.0. The molecule has 2 aromatic heterocycles. The zero-order valence-electron chi connectivity index (χ0n) is 23.1. The van der Waals surface area contributed by atoms with Gasteiger partial charge in [-0.05, 0) is 12.1 Å². The van der Waals surface area contributed by atoms with Crippen LogP contribution < -0.4 is 16.6 Å². The Morgan fingerprint density at radius 2 is 2.05 bits per heavy atom. The zero-order chi connectivity index (χ0) is 30.9. The first-order chi connectivity index (χ1) is 20.4. The molecule has 17 nitrogen and oxygen atoms in total. The van der Waals surface area contributed by atoms with Crippen molar-refractivity contribution in [3.63, 3.8) is 0 Å². The molecule has 5 rings (SSSR count). The summed E-state index contributed by atoms with van der Waals surface area (Å²) in [4.78, 5) is 71.3. The van der Waals surface area contributed by atoms with Gasteiger partial charge in [0.15, 0.2) is 0 Å². The van der Waals surface area contributed by atoms with E-state index in [2.05, 4.69) is 20.3 Å². The molecule has 2 saturated heterocycles. The SMILES string of the molecule is B[PH]1(O)OC[C@H]2O[C@@H](n3cnc4c(=O)[nH]c(N)nc43)[C@@H](OC(=O)CCC(=O)NC(Cc3ccc(O)cc3)C(=O)OC)[C@H]2O1. The van der Waals surface area contributed by atoms with E-state index in [-0.39, 0.29) is 48.7 Å². The Kier molecular flexibility index (Phi) is 8.66. The third kappa shape index (κ3) is 6.78. The Morgan fingerprint density at radius 3 is 2.77 bits per heavy atom. The molecule has 2 aliphatic heterocycles. The van der Waals surface area contributed by atoms with Crippen molar-refractivity contribution in [2.24, 2.45) is 0 Å². The van der Waals surface area contributed by atoms with Crippen LogP contribution >= 0.6 is 7.82 Å². The molecule has 1 unspecified atom stereocenters. The van der Waals surface area contributed by atoms with Gasteiger partial charge in [-0.3, -0.25) is 0 Å². The fraction of sp³-hybridized carbons (Fsp3) is 0.417. The monoisotopic (exact) mass is 620 g/mol. The number of hydrogen-bond donors (Lipinski definition) is 5. The quantitative estimate of drug-likeness (QED) is 0.102. The minimum absolute atomic E-state index is 0.0274. The number of nitrogens with zero attached hydrogens (tertiary/aromatic N) is 3. The number of fused-ring (bicyclic) bond motifs is 2. The van der Waals surface area contributed by atoms with Gasteiger partial charge in [-0.1, -0.05) is 12.1 Å². The van der Waals surface area contributed by atoms with Crippen molar-refractivity contribution in [3.05, 3.63) is 46.5 Å². The van der Waals surface area contributed by atoms with Crippen LogP contribution in [0.15, 0.2) is 35.4 Å². The van der Waals surface area contributed by atoms with Crippen LogP contribution in [0.1, 0.15) is 24.6 Å². The summed E-state index contributed by atoms with van der Waals surface area (Å²) in [6, 6.07) is 5.07. The van der Waals surface area contributed by atoms with Crippen molar-refractivity contribution in [2.75, 3.05) is 19.5 Å². The Labute approximate surface area is 244 Å². The topological polar surface area (TPSA) is 239 Å². The number of imidazole rings is 1. The Morgan fingerprint density at radius 1 is 1.30 bits per heavy atom. The van der Waals surface area contributed by atoms with Crippen LogP contribution in [0.2, 0.25) is 0 Å². The number of carbonyl (C=O) groups excluding carboxylic acids is 3. The summed E-state index contributed by atoms with van der Waals surface area (Å²) >= 11 is 0. The molecule has 5 atom stereocenters. The van der Waals surface area contributed by atoms with Gasteiger partial charge in [0, 0.05) is 0 Å². The van der Waals surface area contributed by atoms with Crippen LogP contribution in [-0.2, 0) is 44.1 Å². The predicted octanol–water partition coefficient (Wildman–Crippen LogP) is -1.65. The van der Waals surface area contributed by atoms with Crippen LogP contribution in [-0.4, -0.2) is 93.0 Å². The first-order valence-electron chi connectivity index (χ1n) is 13.2. The third-order valence-electron chi connectivity index (χ3n) is 6.90. The average Bonchev–Trinajstić information content (AvgIpc) is 3.52. The standard InChI is InChI=1S/C24H30BN6O11P/c1-38-23(36)13(8-11-2-4-12(32)5-3-11)28-15(33)6-7-16(34)41-19-18-14(9-39-43(25,37)42-18)40-22(19)31-10-27-17-20(31)29-24(26)30-21(17)35/h2-5,10,13-14,18-19,22,32,37,43H,6-9,25H2,1H3,(H,28,33)(H3,26,29,30,35)/t13?,14-,18+,19+,22-/m1/s1. The van der Waals surface area contributed by atoms with Crippen molar-refractivity contribution in [2.45, 2.75) is 49.8 Å². The summed E-state index contributed by atoms with van der Waals surface area (Å²) in [6.45, 7) is -0.0461. The number of anilines is 1. The van der Waals surface area contributed by atoms with Gasteiger partial charge in [0.25, 0.3) is 0 Å². The molecule has 19 heteroatoms. The minimum atomic E-state index is -3.57. The van der Waals surface area contributed by atoms with E-state index >= 15 is 0 Å². The third-order valence-corrected chi connectivity index (χ3v) is 8.31. The second kappa shape index (κ2) is 12.3. The number of esters is 2. The molecule has 6 N–H and O–H groups in total. The van der Waals surface area contributed by atoms with E-state index in [1.165, 1.54) is 37.7 Å². The molecule has 0 bridgehead atoms. The number of rotatable bonds is 9. The summed E-state index contributed by atoms with van der Waals surface area (Å²) in [5, 5.41) is 12.0. The molecule has 0 spiro atoms. The summed E-state index contributed by atoms with van der Waals surface area (Å²) in [5.41, 5.74) is 5.84. The number of phenolic OH excluding ortho intramolecular Hbond substituents is 1. The van der Waals surface area contributed by atoms with Crippen LogP contribution in [0.25, 0.3) is 11.2 Å². The maximum atomic E-state index is 13.0. The number of nitrogens with one attached hydrogen (secondary N) is 2. The molecule has 2 aliphatic rings. The van der Waals surface area contributed by atoms with Crippen LogP contribution in [0.4, 0.5) is 5.95 Å². The molecule has 0 aliphatic carbocycles. The second-order valence-corrected chi connectivity index (χ2v) is 12.4. The number of benzene rings is 1. The van der Waals surface area contributed by atoms with Crippen LogP contribution in [0.3, 0.4) is 0 Å². The number of methoxy groups -OCH3 is 1. The molecule has 3 aromatic rings. The van der Waals surface area contributed by atoms with Gasteiger partial charge >= 0.3 is 202 Å². The van der Waals surface area contributed by atoms with E-state index in [1.54, 1.807) is 12.1 Å². The molecule has 2 fully saturated rings. The first kappa shape index (κ1) is 30.4. The molecule has 0 saturated carbocycles. The van der Waals surface area contributed by atoms with Crippen molar-refractivity contribution < 1.29 is 47.6 Å². The van der Waals surface area contributed by atoms with Crippen molar-refractivity contribution in [3.8, 4) is 5.75 Å². The molecule has 0 radical (unpaired) electrons. The summed E-state index contributed by atoms with van der Waals surface area (Å²) in [7, 11) is -0.976. The Hall–Kier alpha value is -4.09. The molecule has 230 valence electrons. The fourth-order valence-corrected chi connectivity index (χ4v) is 6.22. The van der Waals surface area contributed by atoms with Gasteiger partial charge < -0.3 is 5.11 Å². The van der Waals surface area contributed by atoms with E-state index in [1.807, 2.05) is 0 Å². The number of ether oxygens (including phenoxy) is 3. The number of H-pyrrole nitrogens is 1. The van der Waals surface area contributed by atoms with E-state index in [9.17, 15) is 29.2 Å². The number of aromatic hydroxyl groups is 1. The molecule has 43 heavy (non-hydrogen) atoms. The number of nitrogen functional groups attached to an aromatic ring is 1. The van der Waals surface area contributed by atoms with E-state index < -0.39 is 61.8 Å². The van der Waals surface area contributed by atoms with Gasteiger partial charge in [-0.15, -0.1) is 0 Å². The molecular weight excluding hydrogens is 590 g/mol. The van der Waals surface area contributed by atoms with Gasteiger partial charge in [-0.25, -0.2) is 0 Å². The Balaban J connectivity index is 1.28. The van der Waals surface area contributed by atoms with Gasteiger partial charge in [0.2, 0.25) is 0 Å². The van der Waals surface area contributed by atoms with E-state index in [0.29, 0.717) is 5.56 Å². The number of nitrogens with two attached hydrogens (primary N) is 1. The number of hydrogen-bond acceptors (Lipinski definition) is 14. The predicted molar refractivity (Wildman–Crippen MR) is 151 cm³/mol. The number of carbonyl (C=O) groups is 3. The van der Waals surface area contributed by atoms with E-state index in [4.69, 9.17) is 29.0 Å². The van der Waals surface area contributed by atoms with Gasteiger partial charge in [0.1, 0.15) is 5.75 Å². The molecule has 1 amide bonds. The Bertz CT molecular complexity index is 1580. The number of aromatic amines is 1.